The zero-order valence-electron chi connectivity index (χ0n) is 21.4. The molecule has 1 aliphatic rings. The molecule has 0 saturated heterocycles. The number of aromatic nitrogens is 3. The Labute approximate surface area is 221 Å². The Balaban J connectivity index is 1.59. The van der Waals surface area contributed by atoms with Crippen molar-refractivity contribution in [2.45, 2.75) is 11.4 Å². The second-order valence-corrected chi connectivity index (χ2v) is 11.0. The molecule has 3 heterocycles. The number of rotatable bonds is 7. The standard InChI is InChI=1S/C28H28N6O3S/c1-32(2)14-15-34-27-17-20(4-7-22(27)25(31-34)8-5-19-10-12-30-13-11-19)16-24-23-18-21(38(29,36)37)6-9-26(23)33(3)28(24)35/h4-13,16-18H,14-15H2,1-3H3,(H2,29,36,37)/b8-5+,24-16-. The molecule has 5 rings (SSSR count). The molecule has 0 fully saturated rings. The average molecular weight is 529 g/mol. The van der Waals surface area contributed by atoms with E-state index in [4.69, 9.17) is 10.2 Å². The fraction of sp³-hybridized carbons (Fsp3) is 0.179. The number of carbonyl (C=O) groups excluding carboxylic acids is 1. The van der Waals surface area contributed by atoms with E-state index in [1.54, 1.807) is 31.6 Å². The maximum atomic E-state index is 13.1. The molecule has 0 unspecified atom stereocenters. The normalized spacial score (nSPS) is 14.9. The lowest BCUT2D eigenvalue weighted by Gasteiger charge is -2.10. The van der Waals surface area contributed by atoms with E-state index in [1.807, 2.05) is 61.3 Å². The molecule has 4 aromatic rings. The van der Waals surface area contributed by atoms with Crippen molar-refractivity contribution in [3.8, 4) is 0 Å². The van der Waals surface area contributed by atoms with Gasteiger partial charge in [0.05, 0.1) is 28.3 Å². The molecule has 194 valence electrons. The minimum atomic E-state index is -3.91. The Kier molecular flexibility index (Phi) is 6.70. The van der Waals surface area contributed by atoms with Crippen molar-refractivity contribution < 1.29 is 13.2 Å². The molecule has 0 bridgehead atoms. The minimum absolute atomic E-state index is 0.0342. The number of nitrogens with zero attached hydrogens (tertiary/aromatic N) is 5. The topological polar surface area (TPSA) is 114 Å². The number of hydrogen-bond acceptors (Lipinski definition) is 6. The first-order chi connectivity index (χ1) is 18.1. The molecule has 0 atom stereocenters. The molecule has 1 amide bonds. The van der Waals surface area contributed by atoms with Crippen LogP contribution in [0.1, 0.15) is 22.4 Å². The second-order valence-electron chi connectivity index (χ2n) is 9.45. The number of primary sulfonamides is 1. The van der Waals surface area contributed by atoms with Crippen LogP contribution in [0.3, 0.4) is 0 Å². The Morgan fingerprint density at radius 2 is 1.76 bits per heavy atom. The van der Waals surface area contributed by atoms with Gasteiger partial charge in [-0.2, -0.15) is 5.10 Å². The van der Waals surface area contributed by atoms with Crippen LogP contribution >= 0.6 is 0 Å². The van der Waals surface area contributed by atoms with Crippen molar-refractivity contribution >= 4 is 56.3 Å². The number of nitrogens with two attached hydrogens (primary N) is 1. The average Bonchev–Trinajstić information content (AvgIpc) is 3.36. The summed E-state index contributed by atoms with van der Waals surface area (Å²) in [4.78, 5) is 20.7. The highest BCUT2D eigenvalue weighted by atomic mass is 32.2. The van der Waals surface area contributed by atoms with Gasteiger partial charge in [0.2, 0.25) is 10.0 Å². The van der Waals surface area contributed by atoms with Crippen LogP contribution in [0.15, 0.2) is 65.8 Å². The summed E-state index contributed by atoms with van der Waals surface area (Å²) in [5.41, 5.74) is 5.19. The molecule has 0 radical (unpaired) electrons. The summed E-state index contributed by atoms with van der Waals surface area (Å²) in [7, 11) is 1.79. The second kappa shape index (κ2) is 9.97. The van der Waals surface area contributed by atoms with E-state index in [2.05, 4.69) is 9.88 Å². The Bertz CT molecular complexity index is 1710. The number of fused-ring (bicyclic) bond motifs is 2. The van der Waals surface area contributed by atoms with Gasteiger partial charge in [-0.15, -0.1) is 0 Å². The zero-order chi connectivity index (χ0) is 27.0. The molecule has 10 heteroatoms. The summed E-state index contributed by atoms with van der Waals surface area (Å²) in [6.45, 7) is 1.50. The quantitative estimate of drug-likeness (QED) is 0.368. The van der Waals surface area contributed by atoms with Gasteiger partial charge in [-0.25, -0.2) is 13.6 Å². The molecule has 0 spiro atoms. The summed E-state index contributed by atoms with van der Waals surface area (Å²) in [6.07, 6.45) is 9.27. The third-order valence-electron chi connectivity index (χ3n) is 6.50. The highest BCUT2D eigenvalue weighted by molar-refractivity contribution is 7.89. The SMILES string of the molecule is CN(C)CCn1nc(/C=C/c2ccncc2)c2ccc(/C=C3\C(=O)N(C)c4ccc(S(N)(=O)=O)cc43)cc21. The van der Waals surface area contributed by atoms with Crippen LogP contribution in [0.5, 0.6) is 0 Å². The highest BCUT2D eigenvalue weighted by Crippen LogP contribution is 2.38. The predicted octanol–water partition coefficient (Wildman–Crippen LogP) is 3.33. The first kappa shape index (κ1) is 25.5. The van der Waals surface area contributed by atoms with Crippen molar-refractivity contribution in [3.63, 3.8) is 0 Å². The summed E-state index contributed by atoms with van der Waals surface area (Å²) in [5.74, 6) is -0.214. The van der Waals surface area contributed by atoms with E-state index < -0.39 is 10.0 Å². The lowest BCUT2D eigenvalue weighted by atomic mass is 10.0. The van der Waals surface area contributed by atoms with E-state index in [9.17, 15) is 13.2 Å². The minimum Gasteiger partial charge on any atom is -0.311 e. The van der Waals surface area contributed by atoms with Crippen molar-refractivity contribution in [2.75, 3.05) is 32.6 Å². The van der Waals surface area contributed by atoms with Crippen molar-refractivity contribution in [2.24, 2.45) is 5.14 Å². The molecule has 1 aliphatic heterocycles. The molecular formula is C28H28N6O3S. The number of pyridine rings is 1. The third-order valence-corrected chi connectivity index (χ3v) is 7.41. The summed E-state index contributed by atoms with van der Waals surface area (Å²) in [6, 6.07) is 14.3. The molecule has 2 aromatic heterocycles. The molecule has 2 aromatic carbocycles. The maximum Gasteiger partial charge on any atom is 0.258 e. The maximum absolute atomic E-state index is 13.1. The smallest absolute Gasteiger partial charge is 0.258 e. The highest BCUT2D eigenvalue weighted by Gasteiger charge is 2.31. The van der Waals surface area contributed by atoms with E-state index in [0.29, 0.717) is 23.4 Å². The number of likely N-dealkylation sites (N-methyl/N-ethyl adjacent to an activating group) is 2. The van der Waals surface area contributed by atoms with Crippen LogP contribution in [0, 0.1) is 0 Å². The van der Waals surface area contributed by atoms with Crippen LogP contribution in [0.2, 0.25) is 0 Å². The van der Waals surface area contributed by atoms with Crippen molar-refractivity contribution in [1.82, 2.24) is 19.7 Å². The van der Waals surface area contributed by atoms with Gasteiger partial charge < -0.3 is 9.80 Å². The van der Waals surface area contributed by atoms with Crippen molar-refractivity contribution in [1.29, 1.82) is 0 Å². The summed E-state index contributed by atoms with van der Waals surface area (Å²) in [5, 5.41) is 11.2. The van der Waals surface area contributed by atoms with Crippen LogP contribution in [-0.2, 0) is 21.4 Å². The van der Waals surface area contributed by atoms with Crippen molar-refractivity contribution in [3.05, 3.63) is 83.3 Å². The number of anilines is 1. The van der Waals surface area contributed by atoms with Gasteiger partial charge in [-0.05, 0) is 79.8 Å². The van der Waals surface area contributed by atoms with Gasteiger partial charge in [0.15, 0.2) is 0 Å². The number of benzene rings is 2. The lowest BCUT2D eigenvalue weighted by Crippen LogP contribution is -2.20. The van der Waals surface area contributed by atoms with Gasteiger partial charge >= 0.3 is 0 Å². The van der Waals surface area contributed by atoms with E-state index >= 15 is 0 Å². The first-order valence-electron chi connectivity index (χ1n) is 12.0. The van der Waals surface area contributed by atoms with Crippen LogP contribution in [-0.4, -0.2) is 61.7 Å². The molecule has 0 saturated carbocycles. The summed E-state index contributed by atoms with van der Waals surface area (Å²) < 4.78 is 25.8. The van der Waals surface area contributed by atoms with Gasteiger partial charge in [0.25, 0.3) is 5.91 Å². The fourth-order valence-corrected chi connectivity index (χ4v) is 5.00. The fourth-order valence-electron chi connectivity index (χ4n) is 4.46. The Hall–Kier alpha value is -4.12. The first-order valence-corrected chi connectivity index (χ1v) is 13.6. The van der Waals surface area contributed by atoms with E-state index in [0.717, 1.165) is 34.3 Å². The monoisotopic (exact) mass is 528 g/mol. The number of carbonyl (C=O) groups is 1. The summed E-state index contributed by atoms with van der Waals surface area (Å²) >= 11 is 0. The van der Waals surface area contributed by atoms with Crippen LogP contribution in [0.25, 0.3) is 34.7 Å². The van der Waals surface area contributed by atoms with E-state index in [-0.39, 0.29) is 10.8 Å². The van der Waals surface area contributed by atoms with Crippen LogP contribution < -0.4 is 10.0 Å². The number of hydrogen-bond donors (Lipinski definition) is 1. The Morgan fingerprint density at radius 1 is 1.00 bits per heavy atom. The molecule has 0 aliphatic carbocycles. The third kappa shape index (κ3) is 5.01. The molecule has 9 nitrogen and oxygen atoms in total. The molecule has 38 heavy (non-hydrogen) atoms. The van der Waals surface area contributed by atoms with E-state index in [1.165, 1.54) is 17.0 Å². The van der Waals surface area contributed by atoms with Gasteiger partial charge in [0, 0.05) is 42.5 Å². The zero-order valence-corrected chi connectivity index (χ0v) is 22.2. The number of sulfonamides is 1. The largest absolute Gasteiger partial charge is 0.311 e. The predicted molar refractivity (Wildman–Crippen MR) is 151 cm³/mol. The lowest BCUT2D eigenvalue weighted by molar-refractivity contribution is -0.112. The van der Waals surface area contributed by atoms with Gasteiger partial charge in [-0.1, -0.05) is 12.1 Å². The van der Waals surface area contributed by atoms with Crippen LogP contribution in [0.4, 0.5) is 5.69 Å². The molecule has 2 N–H and O–H groups in total. The van der Waals surface area contributed by atoms with Gasteiger partial charge in [0.1, 0.15) is 0 Å². The van der Waals surface area contributed by atoms with Gasteiger partial charge in [-0.3, -0.25) is 14.5 Å². The Morgan fingerprint density at radius 3 is 2.47 bits per heavy atom. The molecular weight excluding hydrogens is 500 g/mol. The number of amides is 1.